The first-order valence-corrected chi connectivity index (χ1v) is 12.9. The summed E-state index contributed by atoms with van der Waals surface area (Å²) >= 11 is 0. The van der Waals surface area contributed by atoms with Crippen molar-refractivity contribution in [2.24, 2.45) is 9.53 Å². The van der Waals surface area contributed by atoms with E-state index in [0.717, 1.165) is 41.8 Å². The van der Waals surface area contributed by atoms with E-state index in [2.05, 4.69) is 70.0 Å². The zero-order valence-corrected chi connectivity index (χ0v) is 17.5. The fourth-order valence-corrected chi connectivity index (χ4v) is 6.55. The molecule has 0 saturated carbocycles. The molecule has 2 aromatic rings. The molecule has 1 aliphatic rings. The highest BCUT2D eigenvalue weighted by Crippen LogP contribution is 2.30. The van der Waals surface area contributed by atoms with Gasteiger partial charge >= 0.3 is 0 Å². The summed E-state index contributed by atoms with van der Waals surface area (Å²) in [7, 11) is 2.82. The average Bonchev–Trinajstić information content (AvgIpc) is 2.62. The molecule has 4 atom stereocenters. The highest BCUT2D eigenvalue weighted by Gasteiger charge is 2.03. The van der Waals surface area contributed by atoms with Crippen LogP contribution in [0.4, 0.5) is 0 Å². The number of hydrogen-bond donors (Lipinski definition) is 0. The number of fused-ring (bicyclic) bond motifs is 2. The van der Waals surface area contributed by atoms with Crippen molar-refractivity contribution in [3.05, 3.63) is 70.8 Å². The summed E-state index contributed by atoms with van der Waals surface area (Å²) in [6.45, 7) is 0. The SMILES string of the molecule is C1=N\PCc2ccccc2CP/N=C/PCc2ccccc2CP/1. The third kappa shape index (κ3) is 5.79. The summed E-state index contributed by atoms with van der Waals surface area (Å²) in [6.07, 6.45) is 4.35. The van der Waals surface area contributed by atoms with Crippen LogP contribution in [0, 0.1) is 0 Å². The highest BCUT2D eigenvalue weighted by atomic mass is 31.1. The number of benzene rings is 2. The van der Waals surface area contributed by atoms with Crippen molar-refractivity contribution in [1.29, 1.82) is 0 Å². The summed E-state index contributed by atoms with van der Waals surface area (Å²) in [5, 5.41) is 0. The predicted molar refractivity (Wildman–Crippen MR) is 118 cm³/mol. The van der Waals surface area contributed by atoms with E-state index < -0.39 is 0 Å². The van der Waals surface area contributed by atoms with Gasteiger partial charge in [-0.05, 0) is 34.6 Å². The fraction of sp³-hybridized carbons (Fsp3) is 0.222. The molecule has 0 amide bonds. The van der Waals surface area contributed by atoms with E-state index in [4.69, 9.17) is 0 Å². The third-order valence-electron chi connectivity index (χ3n) is 3.86. The summed E-state index contributed by atoms with van der Waals surface area (Å²) in [5.74, 6) is 4.30. The molecule has 0 aliphatic carbocycles. The third-order valence-corrected chi connectivity index (χ3v) is 7.87. The van der Waals surface area contributed by atoms with E-state index in [9.17, 15) is 0 Å². The highest BCUT2D eigenvalue weighted by molar-refractivity contribution is 7.56. The molecule has 3 rings (SSSR count). The molecule has 2 aromatic carbocycles. The number of rotatable bonds is 0. The van der Waals surface area contributed by atoms with Gasteiger partial charge in [0.1, 0.15) is 0 Å². The second kappa shape index (κ2) is 10.5. The van der Waals surface area contributed by atoms with E-state index in [1.54, 1.807) is 0 Å². The molecular formula is C18H22N2P4. The summed E-state index contributed by atoms with van der Waals surface area (Å²) < 4.78 is 9.32. The van der Waals surface area contributed by atoms with Crippen LogP contribution in [0.25, 0.3) is 0 Å². The Morgan fingerprint density at radius 1 is 0.542 bits per heavy atom. The predicted octanol–water partition coefficient (Wildman–Crippen LogP) is 6.00. The minimum atomic E-state index is 0.633. The zero-order chi connectivity index (χ0) is 16.5. The van der Waals surface area contributed by atoms with Crippen LogP contribution in [0.15, 0.2) is 58.1 Å². The van der Waals surface area contributed by atoms with Gasteiger partial charge in [0.05, 0.1) is 0 Å². The Morgan fingerprint density at radius 3 is 1.33 bits per heavy atom. The van der Waals surface area contributed by atoms with Gasteiger partial charge in [-0.2, -0.15) is 0 Å². The zero-order valence-electron chi connectivity index (χ0n) is 13.5. The van der Waals surface area contributed by atoms with Gasteiger partial charge in [-0.3, -0.25) is 9.53 Å². The Bertz CT molecular complexity index is 596. The summed E-state index contributed by atoms with van der Waals surface area (Å²) in [4.78, 5) is 0. The Hall–Kier alpha value is -0.500. The van der Waals surface area contributed by atoms with Crippen LogP contribution in [0.3, 0.4) is 0 Å². The van der Waals surface area contributed by atoms with Crippen LogP contribution in [0.2, 0.25) is 0 Å². The number of hydrogen-bond acceptors (Lipinski definition) is 2. The van der Waals surface area contributed by atoms with Gasteiger partial charge < -0.3 is 0 Å². The second-order valence-corrected chi connectivity index (χ2v) is 9.38. The molecule has 0 fully saturated rings. The molecule has 124 valence electrons. The molecule has 2 nitrogen and oxygen atoms in total. The lowest BCUT2D eigenvalue weighted by Crippen LogP contribution is -1.89. The molecular weight excluding hydrogens is 368 g/mol. The van der Waals surface area contributed by atoms with Gasteiger partial charge in [-0.1, -0.05) is 65.7 Å². The van der Waals surface area contributed by atoms with Gasteiger partial charge in [0.15, 0.2) is 0 Å². The topological polar surface area (TPSA) is 24.7 Å². The van der Waals surface area contributed by atoms with Crippen molar-refractivity contribution in [1.82, 2.24) is 0 Å². The van der Waals surface area contributed by atoms with E-state index in [0.29, 0.717) is 17.5 Å². The first kappa shape index (κ1) is 18.3. The lowest BCUT2D eigenvalue weighted by Gasteiger charge is -2.08. The van der Waals surface area contributed by atoms with Gasteiger partial charge in [0, 0.05) is 41.7 Å². The van der Waals surface area contributed by atoms with Gasteiger partial charge in [-0.15, -0.1) is 0 Å². The minimum absolute atomic E-state index is 0.633. The minimum Gasteiger partial charge on any atom is -0.272 e. The molecule has 0 bridgehead atoms. The maximum atomic E-state index is 4.66. The van der Waals surface area contributed by atoms with Crippen molar-refractivity contribution in [2.75, 3.05) is 0 Å². The molecule has 6 heteroatoms. The lowest BCUT2D eigenvalue weighted by atomic mass is 10.1. The maximum Gasteiger partial charge on any atom is 0.0232 e. The first-order chi connectivity index (χ1) is 11.9. The van der Waals surface area contributed by atoms with Crippen molar-refractivity contribution >= 4 is 46.5 Å². The van der Waals surface area contributed by atoms with Gasteiger partial charge in [0.25, 0.3) is 0 Å². The molecule has 0 aromatic heterocycles. The Morgan fingerprint density at radius 2 is 0.917 bits per heavy atom. The van der Waals surface area contributed by atoms with E-state index in [-0.39, 0.29) is 0 Å². The molecule has 0 radical (unpaired) electrons. The Labute approximate surface area is 151 Å². The molecule has 1 aliphatic heterocycles. The van der Waals surface area contributed by atoms with Gasteiger partial charge in [0.2, 0.25) is 0 Å². The monoisotopic (exact) mass is 390 g/mol. The normalized spacial score (nSPS) is 23.0. The van der Waals surface area contributed by atoms with Crippen LogP contribution in [-0.4, -0.2) is 11.9 Å². The fourth-order valence-electron chi connectivity index (χ4n) is 2.56. The van der Waals surface area contributed by atoms with Crippen LogP contribution >= 0.6 is 34.6 Å². The molecule has 0 saturated heterocycles. The summed E-state index contributed by atoms with van der Waals surface area (Å²) in [6, 6.07) is 17.6. The maximum absolute atomic E-state index is 4.66. The number of nitrogens with zero attached hydrogens (tertiary/aromatic N) is 2. The van der Waals surface area contributed by atoms with Crippen LogP contribution in [0.1, 0.15) is 22.3 Å². The van der Waals surface area contributed by atoms with Crippen molar-refractivity contribution in [3.63, 3.8) is 0 Å². The van der Waals surface area contributed by atoms with Crippen LogP contribution in [-0.2, 0) is 24.6 Å². The molecule has 4 unspecified atom stereocenters. The smallest absolute Gasteiger partial charge is 0.0232 e. The standard InChI is InChI=1S/C18H22N2P4/c1-2-6-16-10-22-14-20-24-12-18-8-4-3-7-17(18)11-23-19-13-21-9-15(16)5-1/h1-8,13-14,21-24H,9-12H2/b19-13-,20-14+. The average molecular weight is 390 g/mol. The first-order valence-electron chi connectivity index (χ1n) is 8.02. The molecule has 1 heterocycles. The lowest BCUT2D eigenvalue weighted by molar-refractivity contribution is 1.27. The van der Waals surface area contributed by atoms with Crippen molar-refractivity contribution < 1.29 is 0 Å². The second-order valence-electron chi connectivity index (χ2n) is 5.49. The Balaban J connectivity index is 1.71. The quantitative estimate of drug-likeness (QED) is 0.493. The summed E-state index contributed by atoms with van der Waals surface area (Å²) in [5.41, 5.74) is 5.84. The molecule has 24 heavy (non-hydrogen) atoms. The van der Waals surface area contributed by atoms with E-state index in [1.807, 2.05) is 0 Å². The Kier molecular flexibility index (Phi) is 7.99. The molecule has 0 N–H and O–H groups in total. The van der Waals surface area contributed by atoms with Crippen molar-refractivity contribution in [2.45, 2.75) is 24.6 Å². The van der Waals surface area contributed by atoms with Crippen LogP contribution in [0.5, 0.6) is 0 Å². The molecule has 0 spiro atoms. The van der Waals surface area contributed by atoms with Crippen molar-refractivity contribution in [3.8, 4) is 0 Å². The largest absolute Gasteiger partial charge is 0.272 e. The van der Waals surface area contributed by atoms with Gasteiger partial charge in [-0.25, -0.2) is 0 Å². The van der Waals surface area contributed by atoms with Crippen LogP contribution < -0.4 is 0 Å². The van der Waals surface area contributed by atoms with E-state index in [1.165, 1.54) is 22.3 Å². The van der Waals surface area contributed by atoms with E-state index >= 15 is 0 Å².